The van der Waals surface area contributed by atoms with Crippen molar-refractivity contribution in [2.75, 3.05) is 0 Å². The summed E-state index contributed by atoms with van der Waals surface area (Å²) in [5.41, 5.74) is 3.10. The van der Waals surface area contributed by atoms with Crippen molar-refractivity contribution in [3.8, 4) is 0 Å². The number of nitrogens with zero attached hydrogens (tertiary/aromatic N) is 3. The van der Waals surface area contributed by atoms with Crippen LogP contribution in [0.25, 0.3) is 0 Å². The van der Waals surface area contributed by atoms with E-state index >= 15 is 0 Å². The monoisotopic (exact) mass is 206 g/mol. The molecule has 0 radical (unpaired) electrons. The van der Waals surface area contributed by atoms with Crippen molar-refractivity contribution in [3.63, 3.8) is 0 Å². The van der Waals surface area contributed by atoms with Crippen LogP contribution in [0.4, 0.5) is 0 Å². The second-order valence-electron chi connectivity index (χ2n) is 3.67. The number of hydrogen-bond acceptors (Lipinski definition) is 2. The van der Waals surface area contributed by atoms with Crippen LogP contribution < -0.4 is 5.69 Å². The molecule has 0 saturated carbocycles. The lowest BCUT2D eigenvalue weighted by molar-refractivity contribution is 0.723. The Balaban J connectivity index is 2.40. The maximum atomic E-state index is 11.3. The van der Waals surface area contributed by atoms with E-state index in [9.17, 15) is 4.79 Å². The average Bonchev–Trinajstić information content (AvgIpc) is 2.67. The highest BCUT2D eigenvalue weighted by atomic mass is 16.1. The van der Waals surface area contributed by atoms with E-state index in [-0.39, 0.29) is 5.69 Å². The molecular formula is C10H14N4O. The summed E-state index contributed by atoms with van der Waals surface area (Å²) in [4.78, 5) is 13.9. The second kappa shape index (κ2) is 3.42. The van der Waals surface area contributed by atoms with Crippen LogP contribution in [0.2, 0.25) is 0 Å². The van der Waals surface area contributed by atoms with Gasteiger partial charge in [-0.15, -0.1) is 0 Å². The molecule has 0 fully saturated rings. The van der Waals surface area contributed by atoms with Gasteiger partial charge < -0.3 is 4.98 Å². The zero-order valence-corrected chi connectivity index (χ0v) is 9.11. The Kier molecular flexibility index (Phi) is 2.22. The summed E-state index contributed by atoms with van der Waals surface area (Å²) in [6, 6.07) is 0. The van der Waals surface area contributed by atoms with Crippen LogP contribution in [0, 0.1) is 13.8 Å². The zero-order chi connectivity index (χ0) is 11.0. The molecule has 0 aromatic carbocycles. The Morgan fingerprint density at radius 3 is 2.67 bits per heavy atom. The molecule has 0 bridgehead atoms. The Bertz CT molecular complexity index is 532. The molecule has 0 aliphatic rings. The molecule has 15 heavy (non-hydrogen) atoms. The molecular weight excluding hydrogens is 192 g/mol. The SMILES string of the molecule is Cc1nn(C)c(C)c1Cn1cc[nH]c1=O. The Hall–Kier alpha value is -1.78. The number of nitrogens with one attached hydrogen (secondary N) is 1. The van der Waals surface area contributed by atoms with Crippen LogP contribution in [0.1, 0.15) is 17.0 Å². The van der Waals surface area contributed by atoms with E-state index in [1.807, 2.05) is 25.6 Å². The molecule has 2 heterocycles. The Morgan fingerprint density at radius 2 is 2.20 bits per heavy atom. The van der Waals surface area contributed by atoms with Crippen LogP contribution in [-0.2, 0) is 13.6 Å². The summed E-state index contributed by atoms with van der Waals surface area (Å²) >= 11 is 0. The number of H-pyrrole nitrogens is 1. The van der Waals surface area contributed by atoms with Gasteiger partial charge in [0.15, 0.2) is 0 Å². The van der Waals surface area contributed by atoms with E-state index in [4.69, 9.17) is 0 Å². The van der Waals surface area contributed by atoms with Crippen molar-refractivity contribution >= 4 is 0 Å². The first-order valence-corrected chi connectivity index (χ1v) is 4.82. The van der Waals surface area contributed by atoms with Crippen LogP contribution >= 0.6 is 0 Å². The Labute approximate surface area is 87.4 Å². The van der Waals surface area contributed by atoms with Gasteiger partial charge in [0.2, 0.25) is 0 Å². The maximum Gasteiger partial charge on any atom is 0.325 e. The highest BCUT2D eigenvalue weighted by molar-refractivity contribution is 5.24. The van der Waals surface area contributed by atoms with E-state index in [0.717, 1.165) is 17.0 Å². The quantitative estimate of drug-likeness (QED) is 0.781. The van der Waals surface area contributed by atoms with Crippen LogP contribution in [0.3, 0.4) is 0 Å². The number of aromatic amines is 1. The third-order valence-corrected chi connectivity index (χ3v) is 2.71. The summed E-state index contributed by atoms with van der Waals surface area (Å²) in [5, 5.41) is 4.31. The van der Waals surface area contributed by atoms with Crippen molar-refractivity contribution < 1.29 is 0 Å². The molecule has 2 rings (SSSR count). The highest BCUT2D eigenvalue weighted by Crippen LogP contribution is 2.12. The van der Waals surface area contributed by atoms with Gasteiger partial charge in [0.05, 0.1) is 12.2 Å². The first kappa shape index (κ1) is 9.76. The van der Waals surface area contributed by atoms with Gasteiger partial charge in [0, 0.05) is 30.7 Å². The normalized spacial score (nSPS) is 10.9. The van der Waals surface area contributed by atoms with Gasteiger partial charge in [-0.1, -0.05) is 0 Å². The summed E-state index contributed by atoms with van der Waals surface area (Å²) in [7, 11) is 1.91. The molecule has 0 aliphatic carbocycles. The first-order valence-electron chi connectivity index (χ1n) is 4.82. The molecule has 0 saturated heterocycles. The lowest BCUT2D eigenvalue weighted by atomic mass is 10.2. The fraction of sp³-hybridized carbons (Fsp3) is 0.400. The molecule has 0 spiro atoms. The molecule has 5 nitrogen and oxygen atoms in total. The molecule has 80 valence electrons. The van der Waals surface area contributed by atoms with Crippen molar-refractivity contribution in [1.29, 1.82) is 0 Å². The van der Waals surface area contributed by atoms with Gasteiger partial charge >= 0.3 is 5.69 Å². The van der Waals surface area contributed by atoms with Crippen LogP contribution in [0.5, 0.6) is 0 Å². The third-order valence-electron chi connectivity index (χ3n) is 2.71. The maximum absolute atomic E-state index is 11.3. The molecule has 0 atom stereocenters. The van der Waals surface area contributed by atoms with Gasteiger partial charge in [0.1, 0.15) is 0 Å². The lowest BCUT2D eigenvalue weighted by Crippen LogP contribution is -2.17. The Morgan fingerprint density at radius 1 is 1.47 bits per heavy atom. The summed E-state index contributed by atoms with van der Waals surface area (Å²) in [5.74, 6) is 0. The van der Waals surface area contributed by atoms with Crippen molar-refractivity contribution in [1.82, 2.24) is 19.3 Å². The predicted octanol–water partition coefficient (Wildman–Crippen LogP) is 0.575. The van der Waals surface area contributed by atoms with Gasteiger partial charge in [-0.2, -0.15) is 5.10 Å². The number of imidazole rings is 1. The summed E-state index contributed by atoms with van der Waals surface area (Å²) in [6.07, 6.45) is 3.39. The van der Waals surface area contributed by atoms with Gasteiger partial charge in [-0.25, -0.2) is 4.79 Å². The fourth-order valence-electron chi connectivity index (χ4n) is 1.69. The fourth-order valence-corrected chi connectivity index (χ4v) is 1.69. The minimum atomic E-state index is -0.0855. The molecule has 1 N–H and O–H groups in total. The van der Waals surface area contributed by atoms with E-state index in [2.05, 4.69) is 10.1 Å². The second-order valence-corrected chi connectivity index (χ2v) is 3.67. The summed E-state index contributed by atoms with van der Waals surface area (Å²) < 4.78 is 3.47. The molecule has 0 amide bonds. The number of aryl methyl sites for hydroxylation is 2. The lowest BCUT2D eigenvalue weighted by Gasteiger charge is -2.01. The minimum Gasteiger partial charge on any atom is -0.313 e. The summed E-state index contributed by atoms with van der Waals surface area (Å²) in [6.45, 7) is 4.54. The number of rotatable bonds is 2. The van der Waals surface area contributed by atoms with Crippen LogP contribution in [-0.4, -0.2) is 19.3 Å². The largest absolute Gasteiger partial charge is 0.325 e. The van der Waals surface area contributed by atoms with Gasteiger partial charge in [0.25, 0.3) is 0 Å². The van der Waals surface area contributed by atoms with E-state index in [0.29, 0.717) is 6.54 Å². The van der Waals surface area contributed by atoms with Crippen molar-refractivity contribution in [3.05, 3.63) is 39.8 Å². The van der Waals surface area contributed by atoms with E-state index in [1.165, 1.54) is 0 Å². The van der Waals surface area contributed by atoms with Crippen LogP contribution in [0.15, 0.2) is 17.2 Å². The standard InChI is InChI=1S/C10H14N4O/c1-7-9(8(2)13(3)12-7)6-14-5-4-11-10(14)15/h4-5H,6H2,1-3H3,(H,11,15). The average molecular weight is 206 g/mol. The zero-order valence-electron chi connectivity index (χ0n) is 9.11. The van der Waals surface area contributed by atoms with E-state index in [1.54, 1.807) is 17.0 Å². The number of aromatic nitrogens is 4. The highest BCUT2D eigenvalue weighted by Gasteiger charge is 2.10. The van der Waals surface area contributed by atoms with Gasteiger partial charge in [-0.3, -0.25) is 9.25 Å². The van der Waals surface area contributed by atoms with E-state index < -0.39 is 0 Å². The topological polar surface area (TPSA) is 55.6 Å². The van der Waals surface area contributed by atoms with Gasteiger partial charge in [-0.05, 0) is 13.8 Å². The predicted molar refractivity (Wildman–Crippen MR) is 56.8 cm³/mol. The molecule has 2 aromatic heterocycles. The first-order chi connectivity index (χ1) is 7.09. The molecule has 0 aliphatic heterocycles. The number of hydrogen-bond donors (Lipinski definition) is 1. The third kappa shape index (κ3) is 1.60. The van der Waals surface area contributed by atoms with Crippen molar-refractivity contribution in [2.45, 2.75) is 20.4 Å². The molecule has 2 aromatic rings. The minimum absolute atomic E-state index is 0.0855. The molecule has 0 unspecified atom stereocenters. The smallest absolute Gasteiger partial charge is 0.313 e. The van der Waals surface area contributed by atoms with Crippen molar-refractivity contribution in [2.24, 2.45) is 7.05 Å². The molecule has 5 heteroatoms.